The number of nitrogens with zero attached hydrogens (tertiary/aromatic N) is 1. The van der Waals surface area contributed by atoms with Crippen molar-refractivity contribution in [3.8, 4) is 0 Å². The molecular weight excluding hydrogens is 307 g/mol. The van der Waals surface area contributed by atoms with E-state index in [1.807, 2.05) is 25.9 Å². The zero-order valence-electron chi connectivity index (χ0n) is 13.1. The van der Waals surface area contributed by atoms with E-state index >= 15 is 0 Å². The average Bonchev–Trinajstić information content (AvgIpc) is 2.90. The van der Waals surface area contributed by atoms with E-state index in [0.717, 1.165) is 6.42 Å². The third-order valence-corrected chi connectivity index (χ3v) is 4.31. The molecule has 1 fully saturated rings. The number of nitrogens with one attached hydrogen (secondary N) is 1. The molecule has 1 aliphatic heterocycles. The van der Waals surface area contributed by atoms with E-state index in [-0.39, 0.29) is 29.1 Å². The van der Waals surface area contributed by atoms with Crippen molar-refractivity contribution in [1.29, 1.82) is 0 Å². The van der Waals surface area contributed by atoms with Gasteiger partial charge in [0.2, 0.25) is 5.91 Å². The van der Waals surface area contributed by atoms with Gasteiger partial charge in [-0.05, 0) is 44.6 Å². The molecule has 1 aliphatic rings. The monoisotopic (exact) mass is 328 g/mol. The standard InChI is InChI=1S/C16H22ClFN2O2/c1-4-14(20(2)3)16(21)19-13-7-8-22-15(13)10-5-6-11(17)12(18)9-10/h5-6,9,13-15H,4,7-8H2,1-3H3,(H,19,21)/t13-,14+,15+/m0/s1. The Bertz CT molecular complexity index is 539. The first kappa shape index (κ1) is 17.2. The number of halogens is 2. The summed E-state index contributed by atoms with van der Waals surface area (Å²) in [6.07, 6.45) is 1.10. The molecule has 1 amide bonds. The smallest absolute Gasteiger partial charge is 0.237 e. The second-order valence-corrected chi connectivity index (χ2v) is 6.16. The Hall–Kier alpha value is -1.17. The van der Waals surface area contributed by atoms with Gasteiger partial charge in [0.1, 0.15) is 11.9 Å². The molecule has 0 aliphatic carbocycles. The fourth-order valence-corrected chi connectivity index (χ4v) is 2.94. The Labute approximate surface area is 135 Å². The summed E-state index contributed by atoms with van der Waals surface area (Å²) in [4.78, 5) is 14.3. The van der Waals surface area contributed by atoms with E-state index in [4.69, 9.17) is 16.3 Å². The van der Waals surface area contributed by atoms with E-state index in [0.29, 0.717) is 18.6 Å². The highest BCUT2D eigenvalue weighted by atomic mass is 35.5. The summed E-state index contributed by atoms with van der Waals surface area (Å²) < 4.78 is 19.3. The van der Waals surface area contributed by atoms with Crippen molar-refractivity contribution in [2.24, 2.45) is 0 Å². The lowest BCUT2D eigenvalue weighted by molar-refractivity contribution is -0.126. The van der Waals surface area contributed by atoms with Gasteiger partial charge in [-0.25, -0.2) is 4.39 Å². The highest BCUT2D eigenvalue weighted by Gasteiger charge is 2.33. The van der Waals surface area contributed by atoms with Crippen LogP contribution >= 0.6 is 11.6 Å². The fraction of sp³-hybridized carbons (Fsp3) is 0.562. The van der Waals surface area contributed by atoms with Crippen LogP contribution in [0.2, 0.25) is 5.02 Å². The number of amides is 1. The minimum Gasteiger partial charge on any atom is -0.371 e. The molecule has 22 heavy (non-hydrogen) atoms. The van der Waals surface area contributed by atoms with Gasteiger partial charge in [0.15, 0.2) is 0 Å². The molecule has 0 aromatic heterocycles. The van der Waals surface area contributed by atoms with E-state index in [1.54, 1.807) is 6.07 Å². The van der Waals surface area contributed by atoms with Gasteiger partial charge in [0.05, 0.1) is 17.1 Å². The third kappa shape index (κ3) is 3.77. The topological polar surface area (TPSA) is 41.6 Å². The maximum absolute atomic E-state index is 13.6. The van der Waals surface area contributed by atoms with Crippen LogP contribution in [0.4, 0.5) is 4.39 Å². The summed E-state index contributed by atoms with van der Waals surface area (Å²) in [6, 6.07) is 4.30. The van der Waals surface area contributed by atoms with Crippen LogP contribution in [0.3, 0.4) is 0 Å². The molecule has 0 spiro atoms. The summed E-state index contributed by atoms with van der Waals surface area (Å²) in [5.41, 5.74) is 0.697. The summed E-state index contributed by atoms with van der Waals surface area (Å²) >= 11 is 5.71. The van der Waals surface area contributed by atoms with Crippen molar-refractivity contribution in [3.63, 3.8) is 0 Å². The molecule has 122 valence electrons. The molecule has 2 rings (SSSR count). The van der Waals surface area contributed by atoms with Crippen LogP contribution in [0.1, 0.15) is 31.4 Å². The van der Waals surface area contributed by atoms with Crippen LogP contribution in [0.5, 0.6) is 0 Å². The molecule has 0 saturated carbocycles. The first-order chi connectivity index (χ1) is 10.4. The number of benzene rings is 1. The predicted octanol–water partition coefficient (Wildman–Crippen LogP) is 2.77. The van der Waals surface area contributed by atoms with Crippen LogP contribution in [-0.2, 0) is 9.53 Å². The number of likely N-dealkylation sites (N-methyl/N-ethyl adjacent to an activating group) is 1. The van der Waals surface area contributed by atoms with Crippen LogP contribution in [0.15, 0.2) is 18.2 Å². The molecule has 0 bridgehead atoms. The van der Waals surface area contributed by atoms with E-state index in [2.05, 4.69) is 5.32 Å². The van der Waals surface area contributed by atoms with Crippen molar-refractivity contribution in [2.75, 3.05) is 20.7 Å². The van der Waals surface area contributed by atoms with Gasteiger partial charge in [0, 0.05) is 6.61 Å². The molecule has 4 nitrogen and oxygen atoms in total. The SMILES string of the molecule is CC[C@H](C(=O)N[C@H]1CCO[C@@H]1c1ccc(Cl)c(F)c1)N(C)C. The minimum atomic E-state index is -0.473. The Morgan fingerprint density at radius 1 is 1.55 bits per heavy atom. The first-order valence-electron chi connectivity index (χ1n) is 7.47. The molecule has 0 radical (unpaired) electrons. The Morgan fingerprint density at radius 3 is 2.86 bits per heavy atom. The molecule has 1 N–H and O–H groups in total. The third-order valence-electron chi connectivity index (χ3n) is 4.00. The Morgan fingerprint density at radius 2 is 2.27 bits per heavy atom. The maximum atomic E-state index is 13.6. The second-order valence-electron chi connectivity index (χ2n) is 5.76. The number of rotatable bonds is 5. The van der Waals surface area contributed by atoms with Crippen molar-refractivity contribution < 1.29 is 13.9 Å². The van der Waals surface area contributed by atoms with E-state index in [1.165, 1.54) is 12.1 Å². The van der Waals surface area contributed by atoms with Crippen LogP contribution in [0.25, 0.3) is 0 Å². The molecule has 6 heteroatoms. The normalized spacial score (nSPS) is 22.8. The lowest BCUT2D eigenvalue weighted by atomic mass is 10.0. The van der Waals surface area contributed by atoms with Gasteiger partial charge in [-0.15, -0.1) is 0 Å². The Balaban J connectivity index is 2.10. The predicted molar refractivity (Wildman–Crippen MR) is 84.4 cm³/mol. The molecular formula is C16H22ClFN2O2. The van der Waals surface area contributed by atoms with Crippen LogP contribution in [-0.4, -0.2) is 43.6 Å². The van der Waals surface area contributed by atoms with E-state index in [9.17, 15) is 9.18 Å². The van der Waals surface area contributed by atoms with Gasteiger partial charge in [-0.1, -0.05) is 24.6 Å². The zero-order valence-corrected chi connectivity index (χ0v) is 13.9. The van der Waals surface area contributed by atoms with Crippen molar-refractivity contribution in [1.82, 2.24) is 10.2 Å². The van der Waals surface area contributed by atoms with E-state index < -0.39 is 5.82 Å². The lowest BCUT2D eigenvalue weighted by Crippen LogP contribution is -2.47. The van der Waals surface area contributed by atoms with Crippen molar-refractivity contribution >= 4 is 17.5 Å². The first-order valence-corrected chi connectivity index (χ1v) is 7.85. The van der Waals surface area contributed by atoms with Crippen LogP contribution in [0, 0.1) is 5.82 Å². The summed E-state index contributed by atoms with van der Waals surface area (Å²) in [7, 11) is 3.76. The quantitative estimate of drug-likeness (QED) is 0.903. The molecule has 1 aromatic rings. The van der Waals surface area contributed by atoms with Gasteiger partial charge >= 0.3 is 0 Å². The zero-order chi connectivity index (χ0) is 16.3. The van der Waals surface area contributed by atoms with Gasteiger partial charge in [0.25, 0.3) is 0 Å². The number of hydrogen-bond acceptors (Lipinski definition) is 3. The fourth-order valence-electron chi connectivity index (χ4n) is 2.82. The number of hydrogen-bond donors (Lipinski definition) is 1. The summed E-state index contributed by atoms with van der Waals surface area (Å²) in [5, 5.41) is 3.12. The number of carbonyl (C=O) groups is 1. The summed E-state index contributed by atoms with van der Waals surface area (Å²) in [5.74, 6) is -0.498. The summed E-state index contributed by atoms with van der Waals surface area (Å²) in [6.45, 7) is 2.51. The highest BCUT2D eigenvalue weighted by Crippen LogP contribution is 2.31. The largest absolute Gasteiger partial charge is 0.371 e. The molecule has 1 saturated heterocycles. The molecule has 1 heterocycles. The number of carbonyl (C=O) groups excluding carboxylic acids is 1. The second kappa shape index (κ2) is 7.40. The average molecular weight is 329 g/mol. The highest BCUT2D eigenvalue weighted by molar-refractivity contribution is 6.30. The molecule has 0 unspecified atom stereocenters. The van der Waals surface area contributed by atoms with Gasteiger partial charge in [-0.2, -0.15) is 0 Å². The van der Waals surface area contributed by atoms with Crippen LogP contribution < -0.4 is 5.32 Å². The number of ether oxygens (including phenoxy) is 1. The lowest BCUT2D eigenvalue weighted by Gasteiger charge is -2.26. The minimum absolute atomic E-state index is 0.0255. The molecule has 3 atom stereocenters. The maximum Gasteiger partial charge on any atom is 0.237 e. The van der Waals surface area contributed by atoms with Gasteiger partial charge < -0.3 is 10.1 Å². The van der Waals surface area contributed by atoms with Crippen molar-refractivity contribution in [3.05, 3.63) is 34.6 Å². The Kier molecular flexibility index (Phi) is 5.78. The van der Waals surface area contributed by atoms with Gasteiger partial charge in [-0.3, -0.25) is 9.69 Å². The van der Waals surface area contributed by atoms with Crippen molar-refractivity contribution in [2.45, 2.75) is 38.0 Å². The molecule has 1 aromatic carbocycles.